The van der Waals surface area contributed by atoms with E-state index in [1.165, 1.54) is 6.08 Å². The lowest BCUT2D eigenvalue weighted by atomic mass is 10.2. The Labute approximate surface area is 104 Å². The molecule has 5 heteroatoms. The highest BCUT2D eigenvalue weighted by atomic mass is 35.5. The van der Waals surface area contributed by atoms with Crippen LogP contribution < -0.4 is 5.32 Å². The van der Waals surface area contributed by atoms with Crippen LogP contribution in [0, 0.1) is 0 Å². The molecule has 1 aromatic carbocycles. The Balaban J connectivity index is 2.40. The molecule has 0 atom stereocenters. The Morgan fingerprint density at radius 1 is 1.29 bits per heavy atom. The smallest absolute Gasteiger partial charge is 0.305 e. The minimum absolute atomic E-state index is 0.0828. The van der Waals surface area contributed by atoms with Crippen molar-refractivity contribution in [3.63, 3.8) is 0 Å². The first kappa shape index (κ1) is 13.3. The zero-order valence-electron chi connectivity index (χ0n) is 9.02. The minimum atomic E-state index is -0.938. The third-order valence-corrected chi connectivity index (χ3v) is 2.19. The van der Waals surface area contributed by atoms with Crippen LogP contribution in [0.1, 0.15) is 12.0 Å². The number of carboxylic acids is 1. The van der Waals surface area contributed by atoms with Crippen LogP contribution in [0.3, 0.4) is 0 Å². The van der Waals surface area contributed by atoms with Gasteiger partial charge >= 0.3 is 5.97 Å². The first-order valence-corrected chi connectivity index (χ1v) is 5.39. The van der Waals surface area contributed by atoms with E-state index in [0.29, 0.717) is 5.02 Å². The largest absolute Gasteiger partial charge is 0.481 e. The minimum Gasteiger partial charge on any atom is -0.481 e. The number of rotatable bonds is 5. The van der Waals surface area contributed by atoms with Gasteiger partial charge in [-0.2, -0.15) is 0 Å². The van der Waals surface area contributed by atoms with Crippen LogP contribution in [0.4, 0.5) is 0 Å². The molecule has 1 rings (SSSR count). The summed E-state index contributed by atoms with van der Waals surface area (Å²) in [5.74, 6) is -1.26. The van der Waals surface area contributed by atoms with E-state index in [9.17, 15) is 9.59 Å². The van der Waals surface area contributed by atoms with Crippen molar-refractivity contribution in [1.82, 2.24) is 5.32 Å². The Kier molecular flexibility index (Phi) is 5.23. The molecule has 0 spiro atoms. The zero-order chi connectivity index (χ0) is 12.7. The van der Waals surface area contributed by atoms with E-state index >= 15 is 0 Å². The molecular weight excluding hydrogens is 242 g/mol. The summed E-state index contributed by atoms with van der Waals surface area (Å²) in [6.07, 6.45) is 2.90. The maximum Gasteiger partial charge on any atom is 0.305 e. The maximum atomic E-state index is 11.2. The van der Waals surface area contributed by atoms with E-state index in [0.717, 1.165) is 5.56 Å². The molecule has 17 heavy (non-hydrogen) atoms. The second kappa shape index (κ2) is 6.70. The van der Waals surface area contributed by atoms with Gasteiger partial charge in [-0.25, -0.2) is 0 Å². The third-order valence-electron chi connectivity index (χ3n) is 1.94. The molecule has 1 amide bonds. The molecule has 0 saturated heterocycles. The number of nitrogens with one attached hydrogen (secondary N) is 1. The molecule has 0 aliphatic heterocycles. The Hall–Kier alpha value is -1.81. The van der Waals surface area contributed by atoms with Gasteiger partial charge in [-0.1, -0.05) is 23.7 Å². The van der Waals surface area contributed by atoms with Gasteiger partial charge in [0.1, 0.15) is 0 Å². The van der Waals surface area contributed by atoms with Crippen LogP contribution in [0.15, 0.2) is 30.3 Å². The number of hydrogen-bond donors (Lipinski definition) is 2. The lowest BCUT2D eigenvalue weighted by molar-refractivity contribution is -0.136. The average molecular weight is 254 g/mol. The van der Waals surface area contributed by atoms with E-state index in [-0.39, 0.29) is 18.9 Å². The highest BCUT2D eigenvalue weighted by Gasteiger charge is 1.98. The van der Waals surface area contributed by atoms with Crippen LogP contribution in [0.2, 0.25) is 5.02 Å². The van der Waals surface area contributed by atoms with Crippen molar-refractivity contribution in [3.8, 4) is 0 Å². The molecule has 0 saturated carbocycles. The van der Waals surface area contributed by atoms with Gasteiger partial charge in [-0.15, -0.1) is 0 Å². The number of aliphatic carboxylic acids is 1. The monoisotopic (exact) mass is 253 g/mol. The molecule has 0 aromatic heterocycles. The normalized spacial score (nSPS) is 10.4. The molecule has 0 unspecified atom stereocenters. The average Bonchev–Trinajstić information content (AvgIpc) is 2.28. The Bertz CT molecular complexity index is 426. The van der Waals surface area contributed by atoms with E-state index < -0.39 is 5.97 Å². The van der Waals surface area contributed by atoms with Gasteiger partial charge in [-0.3, -0.25) is 9.59 Å². The highest BCUT2D eigenvalue weighted by Crippen LogP contribution is 2.10. The van der Waals surface area contributed by atoms with Crippen molar-refractivity contribution in [3.05, 3.63) is 40.9 Å². The Morgan fingerprint density at radius 3 is 2.53 bits per heavy atom. The Morgan fingerprint density at radius 2 is 1.94 bits per heavy atom. The highest BCUT2D eigenvalue weighted by molar-refractivity contribution is 6.30. The molecule has 0 fully saturated rings. The number of carbonyl (C=O) groups excluding carboxylic acids is 1. The molecule has 4 nitrogen and oxygen atoms in total. The molecule has 0 aliphatic carbocycles. The molecule has 90 valence electrons. The van der Waals surface area contributed by atoms with Gasteiger partial charge in [0.05, 0.1) is 6.42 Å². The van der Waals surface area contributed by atoms with Gasteiger partial charge < -0.3 is 10.4 Å². The molecule has 2 N–H and O–H groups in total. The molecule has 0 bridgehead atoms. The summed E-state index contributed by atoms with van der Waals surface area (Å²) in [6, 6.07) is 7.01. The number of halogens is 1. The summed E-state index contributed by atoms with van der Waals surface area (Å²) >= 11 is 5.71. The predicted octanol–water partition coefficient (Wildman–Crippen LogP) is 1.94. The first-order valence-electron chi connectivity index (χ1n) is 5.01. The summed E-state index contributed by atoms with van der Waals surface area (Å²) in [5, 5.41) is 11.5. The van der Waals surface area contributed by atoms with Gasteiger partial charge in [0.15, 0.2) is 0 Å². The van der Waals surface area contributed by atoms with E-state index in [1.54, 1.807) is 30.3 Å². The van der Waals surface area contributed by atoms with Crippen LogP contribution in [-0.4, -0.2) is 23.5 Å². The third kappa shape index (κ3) is 5.73. The maximum absolute atomic E-state index is 11.2. The predicted molar refractivity (Wildman–Crippen MR) is 65.7 cm³/mol. The van der Waals surface area contributed by atoms with Crippen molar-refractivity contribution in [2.75, 3.05) is 6.54 Å². The van der Waals surface area contributed by atoms with Crippen molar-refractivity contribution in [1.29, 1.82) is 0 Å². The van der Waals surface area contributed by atoms with E-state index in [4.69, 9.17) is 16.7 Å². The van der Waals surface area contributed by atoms with E-state index in [1.807, 2.05) is 0 Å². The van der Waals surface area contributed by atoms with Gasteiger partial charge in [0, 0.05) is 17.6 Å². The first-order chi connectivity index (χ1) is 8.08. The molecule has 0 heterocycles. The standard InChI is InChI=1S/C12H12ClNO3/c13-10-4-1-9(2-5-10)3-6-11(15)14-8-7-12(16)17/h1-6H,7-8H2,(H,14,15)(H,16,17)/b6-3-. The van der Waals surface area contributed by atoms with Crippen LogP contribution in [0.5, 0.6) is 0 Å². The van der Waals surface area contributed by atoms with Gasteiger partial charge in [0.25, 0.3) is 0 Å². The summed E-state index contributed by atoms with van der Waals surface area (Å²) in [6.45, 7) is 0.124. The van der Waals surface area contributed by atoms with Crippen LogP contribution >= 0.6 is 11.6 Å². The van der Waals surface area contributed by atoms with Gasteiger partial charge in [-0.05, 0) is 23.8 Å². The SMILES string of the molecule is O=C(O)CCNC(=O)/C=C\c1ccc(Cl)cc1. The van der Waals surface area contributed by atoms with Gasteiger partial charge in [0.2, 0.25) is 5.91 Å². The summed E-state index contributed by atoms with van der Waals surface area (Å²) in [4.78, 5) is 21.5. The van der Waals surface area contributed by atoms with Crippen LogP contribution in [0.25, 0.3) is 6.08 Å². The van der Waals surface area contributed by atoms with Crippen LogP contribution in [-0.2, 0) is 9.59 Å². The van der Waals surface area contributed by atoms with Crippen molar-refractivity contribution >= 4 is 29.6 Å². The number of hydrogen-bond acceptors (Lipinski definition) is 2. The molecule has 0 aliphatic rings. The lowest BCUT2D eigenvalue weighted by Crippen LogP contribution is -2.23. The summed E-state index contributed by atoms with van der Waals surface area (Å²) in [7, 11) is 0. The number of amides is 1. The molecule has 0 radical (unpaired) electrons. The fraction of sp³-hybridized carbons (Fsp3) is 0.167. The number of carboxylic acid groups (broad SMARTS) is 1. The van der Waals surface area contributed by atoms with Crippen molar-refractivity contribution < 1.29 is 14.7 Å². The quantitative estimate of drug-likeness (QED) is 0.788. The summed E-state index contributed by atoms with van der Waals surface area (Å²) in [5.41, 5.74) is 0.850. The number of benzene rings is 1. The van der Waals surface area contributed by atoms with Crippen molar-refractivity contribution in [2.24, 2.45) is 0 Å². The zero-order valence-corrected chi connectivity index (χ0v) is 9.78. The molecule has 1 aromatic rings. The fourth-order valence-electron chi connectivity index (χ4n) is 1.10. The number of carbonyl (C=O) groups is 2. The topological polar surface area (TPSA) is 66.4 Å². The molecular formula is C12H12ClNO3. The summed E-state index contributed by atoms with van der Waals surface area (Å²) < 4.78 is 0. The van der Waals surface area contributed by atoms with Crippen molar-refractivity contribution in [2.45, 2.75) is 6.42 Å². The van der Waals surface area contributed by atoms with E-state index in [2.05, 4.69) is 5.32 Å². The lowest BCUT2D eigenvalue weighted by Gasteiger charge is -1.98. The fourth-order valence-corrected chi connectivity index (χ4v) is 1.22. The second-order valence-corrected chi connectivity index (χ2v) is 3.76. The second-order valence-electron chi connectivity index (χ2n) is 3.32.